The van der Waals surface area contributed by atoms with Crippen molar-refractivity contribution in [1.29, 1.82) is 0 Å². The van der Waals surface area contributed by atoms with Crippen molar-refractivity contribution in [1.82, 2.24) is 4.57 Å². The lowest BCUT2D eigenvalue weighted by molar-refractivity contribution is 0.426. The fraction of sp³-hybridized carbons (Fsp3) is 0. The Hall–Kier alpha value is -4.12. The second-order valence-electron chi connectivity index (χ2n) is 8.46. The molecular weight excluding hydrogens is 417 g/mol. The van der Waals surface area contributed by atoms with Gasteiger partial charge in [-0.1, -0.05) is 97.1 Å². The van der Waals surface area contributed by atoms with Crippen LogP contribution in [0.4, 0.5) is 0 Å². The Bertz CT molecular complexity index is 1620. The van der Waals surface area contributed by atoms with E-state index in [-0.39, 0.29) is 0 Å². The molecule has 0 saturated heterocycles. The highest BCUT2D eigenvalue weighted by Gasteiger charge is 2.16. The molecule has 0 amide bonds. The highest BCUT2D eigenvalue weighted by molar-refractivity contribution is 6.58. The van der Waals surface area contributed by atoms with E-state index in [1.54, 1.807) is 12.1 Å². The van der Waals surface area contributed by atoms with Crippen LogP contribution in [-0.4, -0.2) is 21.7 Å². The van der Waals surface area contributed by atoms with Crippen LogP contribution in [0.5, 0.6) is 0 Å². The topological polar surface area (TPSA) is 45.4 Å². The van der Waals surface area contributed by atoms with Crippen LogP contribution < -0.4 is 5.46 Å². The van der Waals surface area contributed by atoms with Crippen LogP contribution in [0.2, 0.25) is 0 Å². The van der Waals surface area contributed by atoms with E-state index in [2.05, 4.69) is 95.6 Å². The minimum atomic E-state index is -1.46. The Morgan fingerprint density at radius 2 is 1.15 bits per heavy atom. The number of fused-ring (bicyclic) bond motifs is 3. The zero-order chi connectivity index (χ0) is 23.1. The van der Waals surface area contributed by atoms with Gasteiger partial charge in [0.1, 0.15) is 0 Å². The van der Waals surface area contributed by atoms with Crippen LogP contribution in [0.3, 0.4) is 0 Å². The van der Waals surface area contributed by atoms with Crippen molar-refractivity contribution < 1.29 is 10.0 Å². The fourth-order valence-electron chi connectivity index (χ4n) is 4.79. The van der Waals surface area contributed by atoms with Gasteiger partial charge in [-0.25, -0.2) is 0 Å². The van der Waals surface area contributed by atoms with Crippen LogP contribution in [0.25, 0.3) is 49.7 Å². The van der Waals surface area contributed by atoms with E-state index in [0.717, 1.165) is 27.8 Å². The largest absolute Gasteiger partial charge is 0.488 e. The number of benzene rings is 5. The summed E-state index contributed by atoms with van der Waals surface area (Å²) in [5, 5.41) is 21.2. The van der Waals surface area contributed by atoms with Gasteiger partial charge < -0.3 is 14.6 Å². The first kappa shape index (κ1) is 20.5. The van der Waals surface area contributed by atoms with Crippen molar-refractivity contribution in [2.75, 3.05) is 0 Å². The van der Waals surface area contributed by atoms with Crippen LogP contribution in [0.15, 0.2) is 121 Å². The number of hydrogen-bond acceptors (Lipinski definition) is 2. The van der Waals surface area contributed by atoms with Gasteiger partial charge in [-0.3, -0.25) is 0 Å². The molecule has 0 aliphatic carbocycles. The van der Waals surface area contributed by atoms with E-state index in [1.807, 2.05) is 18.2 Å². The Balaban J connectivity index is 1.59. The zero-order valence-corrected chi connectivity index (χ0v) is 18.5. The third-order valence-electron chi connectivity index (χ3n) is 6.44. The van der Waals surface area contributed by atoms with Gasteiger partial charge in [0.15, 0.2) is 0 Å². The maximum absolute atomic E-state index is 9.41. The van der Waals surface area contributed by atoms with Gasteiger partial charge in [-0.15, -0.1) is 0 Å². The molecule has 6 rings (SSSR count). The average Bonchev–Trinajstić information content (AvgIpc) is 3.23. The summed E-state index contributed by atoms with van der Waals surface area (Å²) in [5.74, 6) is 0. The van der Waals surface area contributed by atoms with Gasteiger partial charge in [0.05, 0.1) is 16.7 Å². The third kappa shape index (κ3) is 3.41. The Morgan fingerprint density at radius 3 is 1.94 bits per heavy atom. The lowest BCUT2D eigenvalue weighted by Gasteiger charge is -2.14. The lowest BCUT2D eigenvalue weighted by Crippen LogP contribution is -2.29. The zero-order valence-electron chi connectivity index (χ0n) is 18.5. The van der Waals surface area contributed by atoms with E-state index >= 15 is 0 Å². The number of para-hydroxylation sites is 2. The van der Waals surface area contributed by atoms with Gasteiger partial charge in [-0.2, -0.15) is 0 Å². The summed E-state index contributed by atoms with van der Waals surface area (Å²) < 4.78 is 2.35. The normalized spacial score (nSPS) is 11.2. The van der Waals surface area contributed by atoms with Crippen molar-refractivity contribution in [3.05, 3.63) is 121 Å². The van der Waals surface area contributed by atoms with Gasteiger partial charge in [-0.05, 0) is 46.4 Å². The molecule has 1 aromatic heterocycles. The first-order chi connectivity index (χ1) is 16.7. The molecule has 0 unspecified atom stereocenters. The first-order valence-corrected chi connectivity index (χ1v) is 11.4. The van der Waals surface area contributed by atoms with Crippen molar-refractivity contribution in [3.8, 4) is 27.9 Å². The highest BCUT2D eigenvalue weighted by atomic mass is 16.4. The number of rotatable bonds is 4. The Labute approximate surface area is 198 Å². The molecular formula is C30H22BNO2. The maximum Gasteiger partial charge on any atom is 0.488 e. The second-order valence-corrected chi connectivity index (χ2v) is 8.46. The minimum Gasteiger partial charge on any atom is -0.423 e. The first-order valence-electron chi connectivity index (χ1n) is 11.4. The molecule has 5 aromatic carbocycles. The molecule has 34 heavy (non-hydrogen) atoms. The molecule has 1 heterocycles. The Morgan fingerprint density at radius 1 is 0.500 bits per heavy atom. The summed E-state index contributed by atoms with van der Waals surface area (Å²) in [4.78, 5) is 0. The van der Waals surface area contributed by atoms with E-state index in [9.17, 15) is 10.0 Å². The SMILES string of the molecule is OB(O)c1ccc(-c2ccc3c(c2)c2ccccc2n3-c2ccccc2-c2ccccc2)cc1. The van der Waals surface area contributed by atoms with Crippen LogP contribution in [0, 0.1) is 0 Å². The number of aromatic nitrogens is 1. The molecule has 6 aromatic rings. The minimum absolute atomic E-state index is 0.485. The smallest absolute Gasteiger partial charge is 0.423 e. The molecule has 0 aliphatic heterocycles. The standard InChI is InChI=1S/C30H22BNO2/c33-31(34)24-17-14-21(15-18-24)23-16-19-30-27(20-23)26-11-5-7-13-29(26)32(30)28-12-6-4-10-25(28)22-8-2-1-3-9-22/h1-20,33-34H. The molecule has 4 heteroatoms. The van der Waals surface area contributed by atoms with E-state index in [0.29, 0.717) is 5.46 Å². The summed E-state index contributed by atoms with van der Waals surface area (Å²) in [6.07, 6.45) is 0. The lowest BCUT2D eigenvalue weighted by atomic mass is 9.80. The van der Waals surface area contributed by atoms with Crippen molar-refractivity contribution >= 4 is 34.4 Å². The molecule has 0 fully saturated rings. The molecule has 162 valence electrons. The maximum atomic E-state index is 9.41. The molecule has 2 N–H and O–H groups in total. The predicted octanol–water partition coefficient (Wildman–Crippen LogP) is 5.80. The molecule has 0 bridgehead atoms. The Kier molecular flexibility index (Phi) is 5.03. The van der Waals surface area contributed by atoms with Crippen molar-refractivity contribution in [2.45, 2.75) is 0 Å². The van der Waals surface area contributed by atoms with Crippen molar-refractivity contribution in [3.63, 3.8) is 0 Å². The highest BCUT2D eigenvalue weighted by Crippen LogP contribution is 2.37. The van der Waals surface area contributed by atoms with Gasteiger partial charge >= 0.3 is 7.12 Å². The molecule has 0 atom stereocenters. The van der Waals surface area contributed by atoms with Crippen molar-refractivity contribution in [2.24, 2.45) is 0 Å². The monoisotopic (exact) mass is 439 g/mol. The van der Waals surface area contributed by atoms with Crippen LogP contribution >= 0.6 is 0 Å². The van der Waals surface area contributed by atoms with Crippen LogP contribution in [-0.2, 0) is 0 Å². The summed E-state index contributed by atoms with van der Waals surface area (Å²) in [5.41, 5.74) is 8.44. The molecule has 3 nitrogen and oxygen atoms in total. The van der Waals surface area contributed by atoms with Gasteiger partial charge in [0.2, 0.25) is 0 Å². The van der Waals surface area contributed by atoms with E-state index in [4.69, 9.17) is 0 Å². The fourth-order valence-corrected chi connectivity index (χ4v) is 4.79. The predicted molar refractivity (Wildman–Crippen MR) is 141 cm³/mol. The molecule has 0 aliphatic rings. The van der Waals surface area contributed by atoms with E-state index < -0.39 is 7.12 Å². The molecule has 0 spiro atoms. The summed E-state index contributed by atoms with van der Waals surface area (Å²) >= 11 is 0. The third-order valence-corrected chi connectivity index (χ3v) is 6.44. The second kappa shape index (κ2) is 8.34. The van der Waals surface area contributed by atoms with E-state index in [1.165, 1.54) is 21.9 Å². The average molecular weight is 439 g/mol. The quantitative estimate of drug-likeness (QED) is 0.341. The van der Waals surface area contributed by atoms with Gasteiger partial charge in [0, 0.05) is 16.3 Å². The number of hydrogen-bond donors (Lipinski definition) is 2. The summed E-state index contributed by atoms with van der Waals surface area (Å²) in [6.45, 7) is 0. The molecule has 0 radical (unpaired) electrons. The van der Waals surface area contributed by atoms with Gasteiger partial charge in [0.25, 0.3) is 0 Å². The molecule has 0 saturated carbocycles. The number of nitrogens with zero attached hydrogens (tertiary/aromatic N) is 1. The van der Waals surface area contributed by atoms with Crippen LogP contribution in [0.1, 0.15) is 0 Å². The summed E-state index contributed by atoms with van der Waals surface area (Å²) in [7, 11) is -1.46. The summed E-state index contributed by atoms with van der Waals surface area (Å²) in [6, 6.07) is 41.5.